The predicted molar refractivity (Wildman–Crippen MR) is 62.6 cm³/mol. The van der Waals surface area contributed by atoms with Gasteiger partial charge in [-0.2, -0.15) is 0 Å². The third kappa shape index (κ3) is 5.17. The topological polar surface area (TPSA) is 38.3 Å². The minimum Gasteiger partial charge on any atom is -0.469 e. The van der Waals surface area contributed by atoms with Crippen LogP contribution in [0.25, 0.3) is 0 Å². The van der Waals surface area contributed by atoms with E-state index in [1.807, 2.05) is 13.8 Å². The van der Waals surface area contributed by atoms with Crippen molar-refractivity contribution in [1.82, 2.24) is 5.32 Å². The number of methoxy groups -OCH3 is 1. The van der Waals surface area contributed by atoms with Crippen molar-refractivity contribution in [2.75, 3.05) is 13.7 Å². The molecule has 0 aliphatic carbocycles. The van der Waals surface area contributed by atoms with Crippen molar-refractivity contribution >= 4 is 5.97 Å². The monoisotopic (exact) mass is 215 g/mol. The first-order chi connectivity index (χ1) is 6.90. The summed E-state index contributed by atoms with van der Waals surface area (Å²) in [5.74, 6) is 1.05. The van der Waals surface area contributed by atoms with Gasteiger partial charge < -0.3 is 10.1 Å². The molecular weight excluding hydrogens is 190 g/mol. The lowest BCUT2D eigenvalue weighted by Gasteiger charge is -2.23. The first-order valence-electron chi connectivity index (χ1n) is 5.71. The Morgan fingerprint density at radius 3 is 2.13 bits per heavy atom. The van der Waals surface area contributed by atoms with E-state index >= 15 is 0 Å². The first kappa shape index (κ1) is 14.4. The minimum absolute atomic E-state index is 0.0886. The van der Waals surface area contributed by atoms with E-state index in [0.29, 0.717) is 11.8 Å². The van der Waals surface area contributed by atoms with E-state index in [9.17, 15) is 4.79 Å². The molecule has 0 radical (unpaired) electrons. The lowest BCUT2D eigenvalue weighted by Crippen LogP contribution is -2.39. The quantitative estimate of drug-likeness (QED) is 0.689. The van der Waals surface area contributed by atoms with Crippen LogP contribution in [-0.2, 0) is 9.53 Å². The molecule has 0 heterocycles. The van der Waals surface area contributed by atoms with Crippen LogP contribution in [0.5, 0.6) is 0 Å². The second-order valence-corrected chi connectivity index (χ2v) is 4.73. The summed E-state index contributed by atoms with van der Waals surface area (Å²) in [5.41, 5.74) is 0. The Balaban J connectivity index is 3.92. The zero-order valence-corrected chi connectivity index (χ0v) is 10.8. The van der Waals surface area contributed by atoms with E-state index in [-0.39, 0.29) is 17.9 Å². The van der Waals surface area contributed by atoms with Crippen LogP contribution in [-0.4, -0.2) is 25.7 Å². The maximum Gasteiger partial charge on any atom is 0.309 e. The van der Waals surface area contributed by atoms with Crippen molar-refractivity contribution in [1.29, 1.82) is 0 Å². The largest absolute Gasteiger partial charge is 0.469 e. The molecule has 3 atom stereocenters. The van der Waals surface area contributed by atoms with Gasteiger partial charge in [0.05, 0.1) is 13.0 Å². The van der Waals surface area contributed by atoms with Crippen LogP contribution in [0, 0.1) is 17.8 Å². The highest BCUT2D eigenvalue weighted by Gasteiger charge is 2.21. The van der Waals surface area contributed by atoms with Crippen molar-refractivity contribution in [3.8, 4) is 0 Å². The number of hydrogen-bond donors (Lipinski definition) is 1. The van der Waals surface area contributed by atoms with Crippen molar-refractivity contribution in [3.63, 3.8) is 0 Å². The molecule has 0 fully saturated rings. The van der Waals surface area contributed by atoms with Crippen LogP contribution in [0.1, 0.15) is 34.6 Å². The van der Waals surface area contributed by atoms with E-state index < -0.39 is 0 Å². The van der Waals surface area contributed by atoms with Gasteiger partial charge in [0, 0.05) is 6.04 Å². The first-order valence-corrected chi connectivity index (χ1v) is 5.71. The highest BCUT2D eigenvalue weighted by Crippen LogP contribution is 2.10. The normalized spacial score (nSPS) is 17.3. The van der Waals surface area contributed by atoms with Crippen LogP contribution in [0.15, 0.2) is 0 Å². The number of esters is 1. The molecule has 0 aromatic carbocycles. The van der Waals surface area contributed by atoms with Gasteiger partial charge in [0.25, 0.3) is 0 Å². The molecule has 0 aromatic rings. The molecule has 0 spiro atoms. The summed E-state index contributed by atoms with van der Waals surface area (Å²) in [6.45, 7) is 11.5. The molecule has 0 saturated carbocycles. The van der Waals surface area contributed by atoms with E-state index in [1.54, 1.807) is 0 Å². The number of rotatable bonds is 6. The van der Waals surface area contributed by atoms with Crippen LogP contribution < -0.4 is 5.32 Å². The maximum absolute atomic E-state index is 11.3. The Hall–Kier alpha value is -0.570. The van der Waals surface area contributed by atoms with Crippen molar-refractivity contribution in [2.45, 2.75) is 40.7 Å². The minimum atomic E-state index is -0.146. The van der Waals surface area contributed by atoms with Crippen molar-refractivity contribution in [2.24, 2.45) is 17.8 Å². The van der Waals surface area contributed by atoms with E-state index in [4.69, 9.17) is 4.74 Å². The van der Waals surface area contributed by atoms with E-state index in [0.717, 1.165) is 6.54 Å². The summed E-state index contributed by atoms with van der Waals surface area (Å²) in [6, 6.07) is 0.165. The summed E-state index contributed by atoms with van der Waals surface area (Å²) >= 11 is 0. The van der Waals surface area contributed by atoms with Crippen LogP contribution in [0.4, 0.5) is 0 Å². The van der Waals surface area contributed by atoms with Crippen LogP contribution in [0.2, 0.25) is 0 Å². The lowest BCUT2D eigenvalue weighted by atomic mass is 9.96. The number of hydrogen-bond acceptors (Lipinski definition) is 3. The molecule has 0 aromatic heterocycles. The highest BCUT2D eigenvalue weighted by molar-refractivity contribution is 5.72. The average molecular weight is 215 g/mol. The molecule has 15 heavy (non-hydrogen) atoms. The molecule has 1 N–H and O–H groups in total. The number of ether oxygens (including phenoxy) is 1. The molecule has 90 valence electrons. The summed E-state index contributed by atoms with van der Waals surface area (Å²) < 4.78 is 4.71. The molecule has 0 amide bonds. The van der Waals surface area contributed by atoms with Gasteiger partial charge in [-0.25, -0.2) is 0 Å². The molecule has 0 aliphatic rings. The van der Waals surface area contributed by atoms with Gasteiger partial charge in [-0.3, -0.25) is 4.79 Å². The molecular formula is C12H25NO2. The summed E-state index contributed by atoms with van der Waals surface area (Å²) in [5, 5.41) is 3.38. The molecule has 0 bridgehead atoms. The van der Waals surface area contributed by atoms with Crippen molar-refractivity contribution < 1.29 is 9.53 Å². The summed E-state index contributed by atoms with van der Waals surface area (Å²) in [4.78, 5) is 11.3. The average Bonchev–Trinajstić information content (AvgIpc) is 2.22. The predicted octanol–water partition coefficient (Wildman–Crippen LogP) is 2.07. The van der Waals surface area contributed by atoms with Gasteiger partial charge in [-0.1, -0.05) is 27.7 Å². The Morgan fingerprint density at radius 1 is 1.20 bits per heavy atom. The van der Waals surface area contributed by atoms with Gasteiger partial charge in [-0.15, -0.1) is 0 Å². The zero-order chi connectivity index (χ0) is 12.0. The van der Waals surface area contributed by atoms with Gasteiger partial charge in [-0.05, 0) is 25.3 Å². The molecule has 3 heteroatoms. The summed E-state index contributed by atoms with van der Waals surface area (Å²) in [6.07, 6.45) is 0. The lowest BCUT2D eigenvalue weighted by molar-refractivity contribution is -0.145. The van der Waals surface area contributed by atoms with Gasteiger partial charge in [0.15, 0.2) is 0 Å². The van der Waals surface area contributed by atoms with Gasteiger partial charge >= 0.3 is 5.97 Å². The van der Waals surface area contributed by atoms with Gasteiger partial charge in [0.1, 0.15) is 0 Å². The summed E-state index contributed by atoms with van der Waals surface area (Å²) in [7, 11) is 1.43. The SMILES string of the molecule is COC(=O)C(C)C(C)NCC(C)C(C)C. The second kappa shape index (κ2) is 6.83. The maximum atomic E-state index is 11.3. The van der Waals surface area contributed by atoms with Crippen LogP contribution in [0.3, 0.4) is 0 Å². The van der Waals surface area contributed by atoms with Gasteiger partial charge in [0.2, 0.25) is 0 Å². The van der Waals surface area contributed by atoms with Crippen molar-refractivity contribution in [3.05, 3.63) is 0 Å². The molecule has 3 unspecified atom stereocenters. The fourth-order valence-corrected chi connectivity index (χ4v) is 1.17. The third-order valence-corrected chi connectivity index (χ3v) is 3.22. The molecule has 0 saturated heterocycles. The Labute approximate surface area is 93.6 Å². The second-order valence-electron chi connectivity index (χ2n) is 4.73. The Bertz CT molecular complexity index is 192. The zero-order valence-electron chi connectivity index (χ0n) is 10.8. The fourth-order valence-electron chi connectivity index (χ4n) is 1.17. The standard InChI is InChI=1S/C12H25NO2/c1-8(2)9(3)7-13-11(5)10(4)12(14)15-6/h8-11,13H,7H2,1-6H3. The molecule has 0 aliphatic heterocycles. The molecule has 0 rings (SSSR count). The highest BCUT2D eigenvalue weighted by atomic mass is 16.5. The smallest absolute Gasteiger partial charge is 0.309 e. The number of nitrogens with one attached hydrogen (secondary N) is 1. The fraction of sp³-hybridized carbons (Fsp3) is 0.917. The van der Waals surface area contributed by atoms with E-state index in [2.05, 4.69) is 26.1 Å². The van der Waals surface area contributed by atoms with E-state index in [1.165, 1.54) is 7.11 Å². The Morgan fingerprint density at radius 2 is 1.73 bits per heavy atom. The Kier molecular flexibility index (Phi) is 6.57. The molecule has 3 nitrogen and oxygen atoms in total. The van der Waals surface area contributed by atoms with Crippen LogP contribution >= 0.6 is 0 Å². The number of carbonyl (C=O) groups excluding carboxylic acids is 1. The number of carbonyl (C=O) groups is 1. The third-order valence-electron chi connectivity index (χ3n) is 3.22.